The lowest BCUT2D eigenvalue weighted by atomic mass is 10.2. The van der Waals surface area contributed by atoms with Gasteiger partial charge in [-0.2, -0.15) is 13.2 Å². The normalized spacial score (nSPS) is 12.5. The smallest absolute Gasteiger partial charge is 0.469 e. The maximum Gasteiger partial charge on any atom is 0.471 e. The number of carbonyl (C=O) groups excluding carboxylic acids is 3. The molecule has 104 valence electrons. The Balaban J connectivity index is 4.72. The lowest BCUT2D eigenvalue weighted by molar-refractivity contribution is -0.176. The third-order valence-corrected chi connectivity index (χ3v) is 1.73. The molecule has 0 aliphatic carbocycles. The summed E-state index contributed by atoms with van der Waals surface area (Å²) >= 11 is 0. The number of nitrogens with one attached hydrogen (secondary N) is 1. The molecule has 1 N–H and O–H groups in total. The van der Waals surface area contributed by atoms with Crippen molar-refractivity contribution in [3.05, 3.63) is 0 Å². The Kier molecular flexibility index (Phi) is 6.14. The average molecular weight is 271 g/mol. The topological polar surface area (TPSA) is 81.7 Å². The van der Waals surface area contributed by atoms with E-state index in [2.05, 4.69) is 9.47 Å². The van der Waals surface area contributed by atoms with Crippen molar-refractivity contribution >= 4 is 17.8 Å². The van der Waals surface area contributed by atoms with Gasteiger partial charge in [-0.05, 0) is 6.92 Å². The third kappa shape index (κ3) is 5.51. The number of rotatable bonds is 5. The predicted molar refractivity (Wildman–Crippen MR) is 51.3 cm³/mol. The lowest BCUT2D eigenvalue weighted by Gasteiger charge is -2.16. The lowest BCUT2D eigenvalue weighted by Crippen LogP contribution is -2.48. The number of hydrogen-bond acceptors (Lipinski definition) is 5. The van der Waals surface area contributed by atoms with Crippen LogP contribution in [0.5, 0.6) is 0 Å². The highest BCUT2D eigenvalue weighted by atomic mass is 19.4. The fourth-order valence-corrected chi connectivity index (χ4v) is 0.926. The van der Waals surface area contributed by atoms with E-state index >= 15 is 0 Å². The second-order valence-corrected chi connectivity index (χ2v) is 3.06. The van der Waals surface area contributed by atoms with E-state index in [1.807, 2.05) is 0 Å². The summed E-state index contributed by atoms with van der Waals surface area (Å²) in [5.74, 6) is -4.42. The van der Waals surface area contributed by atoms with Gasteiger partial charge in [0.25, 0.3) is 0 Å². The van der Waals surface area contributed by atoms with Crippen LogP contribution in [-0.4, -0.2) is 43.8 Å². The molecule has 9 heteroatoms. The first-order valence-electron chi connectivity index (χ1n) is 4.83. The van der Waals surface area contributed by atoms with Gasteiger partial charge in [-0.25, -0.2) is 4.79 Å². The van der Waals surface area contributed by atoms with Crippen molar-refractivity contribution in [1.29, 1.82) is 0 Å². The maximum atomic E-state index is 12.0. The summed E-state index contributed by atoms with van der Waals surface area (Å²) in [4.78, 5) is 32.8. The van der Waals surface area contributed by atoms with Gasteiger partial charge < -0.3 is 14.8 Å². The molecule has 0 aliphatic heterocycles. The summed E-state index contributed by atoms with van der Waals surface area (Å²) in [6.07, 6.45) is -5.89. The van der Waals surface area contributed by atoms with Crippen LogP contribution in [0, 0.1) is 0 Å². The zero-order valence-electron chi connectivity index (χ0n) is 9.67. The molecule has 0 aliphatic rings. The van der Waals surface area contributed by atoms with Gasteiger partial charge in [0, 0.05) is 0 Å². The zero-order valence-corrected chi connectivity index (χ0v) is 9.67. The van der Waals surface area contributed by atoms with Gasteiger partial charge in [0.15, 0.2) is 0 Å². The highest BCUT2D eigenvalue weighted by molar-refractivity contribution is 5.90. The first kappa shape index (κ1) is 16.2. The van der Waals surface area contributed by atoms with Crippen LogP contribution in [0.25, 0.3) is 0 Å². The van der Waals surface area contributed by atoms with Gasteiger partial charge in [-0.3, -0.25) is 9.59 Å². The third-order valence-electron chi connectivity index (χ3n) is 1.73. The molecule has 0 fully saturated rings. The van der Waals surface area contributed by atoms with Crippen LogP contribution in [-0.2, 0) is 23.9 Å². The number of esters is 2. The van der Waals surface area contributed by atoms with Crippen molar-refractivity contribution in [1.82, 2.24) is 5.32 Å². The molecule has 0 radical (unpaired) electrons. The van der Waals surface area contributed by atoms with Crippen molar-refractivity contribution < 1.29 is 37.0 Å². The quantitative estimate of drug-likeness (QED) is 0.720. The molecule has 0 saturated heterocycles. The largest absolute Gasteiger partial charge is 0.471 e. The van der Waals surface area contributed by atoms with Crippen molar-refractivity contribution in [2.24, 2.45) is 0 Å². The number of ether oxygens (including phenoxy) is 2. The minimum Gasteiger partial charge on any atom is -0.469 e. The molecule has 0 aromatic heterocycles. The molecule has 18 heavy (non-hydrogen) atoms. The average Bonchev–Trinajstić information content (AvgIpc) is 2.26. The highest BCUT2D eigenvalue weighted by Crippen LogP contribution is 2.15. The molecule has 6 nitrogen and oxygen atoms in total. The van der Waals surface area contributed by atoms with Crippen LogP contribution in [0.4, 0.5) is 13.2 Å². The summed E-state index contributed by atoms with van der Waals surface area (Å²) in [6, 6.07) is -1.73. The van der Waals surface area contributed by atoms with Gasteiger partial charge in [0.1, 0.15) is 6.04 Å². The number of carbonyl (C=O) groups is 3. The van der Waals surface area contributed by atoms with E-state index < -0.39 is 36.5 Å². The van der Waals surface area contributed by atoms with E-state index in [-0.39, 0.29) is 6.61 Å². The maximum absolute atomic E-state index is 12.0. The van der Waals surface area contributed by atoms with Crippen LogP contribution < -0.4 is 5.32 Å². The fraction of sp³-hybridized carbons (Fsp3) is 0.667. The second-order valence-electron chi connectivity index (χ2n) is 3.06. The van der Waals surface area contributed by atoms with Crippen LogP contribution in [0.3, 0.4) is 0 Å². The first-order chi connectivity index (χ1) is 8.22. The number of halogens is 3. The Morgan fingerprint density at radius 3 is 2.22 bits per heavy atom. The minimum absolute atomic E-state index is 0.0988. The summed E-state index contributed by atoms with van der Waals surface area (Å²) in [5.41, 5.74) is 0. The summed E-state index contributed by atoms with van der Waals surface area (Å²) in [5, 5.41) is 1.37. The Bertz CT molecular complexity index is 329. The molecule has 0 rings (SSSR count). The molecule has 1 amide bonds. The fourth-order valence-electron chi connectivity index (χ4n) is 0.926. The summed E-state index contributed by atoms with van der Waals surface area (Å²) in [7, 11) is 0.996. The molecular formula is C9H12F3NO5. The van der Waals surface area contributed by atoms with Gasteiger partial charge in [0.2, 0.25) is 0 Å². The number of hydrogen-bond donors (Lipinski definition) is 1. The Morgan fingerprint density at radius 2 is 1.83 bits per heavy atom. The molecule has 0 bridgehead atoms. The molecule has 1 atom stereocenters. The molecule has 1 unspecified atom stereocenters. The van der Waals surface area contributed by atoms with Gasteiger partial charge in [-0.1, -0.05) is 0 Å². The standard InChI is InChI=1S/C9H12F3NO5/c1-3-18-7(15)5(4-6(14)17-2)13-8(16)9(10,11)12/h5H,3-4H2,1-2H3,(H,13,16). The van der Waals surface area contributed by atoms with E-state index in [1.165, 1.54) is 12.2 Å². The van der Waals surface area contributed by atoms with Crippen LogP contribution >= 0.6 is 0 Å². The minimum atomic E-state index is -5.15. The number of methoxy groups -OCH3 is 1. The van der Waals surface area contributed by atoms with Gasteiger partial charge in [0.05, 0.1) is 20.1 Å². The number of alkyl halides is 3. The van der Waals surface area contributed by atoms with Crippen LogP contribution in [0.2, 0.25) is 0 Å². The van der Waals surface area contributed by atoms with Crippen molar-refractivity contribution in [3.8, 4) is 0 Å². The van der Waals surface area contributed by atoms with Gasteiger partial charge >= 0.3 is 24.0 Å². The van der Waals surface area contributed by atoms with E-state index in [9.17, 15) is 27.6 Å². The van der Waals surface area contributed by atoms with E-state index in [1.54, 1.807) is 0 Å². The van der Waals surface area contributed by atoms with E-state index in [0.29, 0.717) is 0 Å². The predicted octanol–water partition coefficient (Wildman–Crippen LogP) is 0.160. The Morgan fingerprint density at radius 1 is 1.28 bits per heavy atom. The van der Waals surface area contributed by atoms with Crippen LogP contribution in [0.15, 0.2) is 0 Å². The second kappa shape index (κ2) is 6.82. The van der Waals surface area contributed by atoms with E-state index in [4.69, 9.17) is 0 Å². The zero-order chi connectivity index (χ0) is 14.3. The first-order valence-corrected chi connectivity index (χ1v) is 4.83. The highest BCUT2D eigenvalue weighted by Gasteiger charge is 2.41. The van der Waals surface area contributed by atoms with Gasteiger partial charge in [-0.15, -0.1) is 0 Å². The molecule has 0 spiro atoms. The Labute approximate surface area is 100 Å². The molecule has 0 heterocycles. The number of amides is 1. The molecule has 0 saturated carbocycles. The van der Waals surface area contributed by atoms with E-state index in [0.717, 1.165) is 7.11 Å². The molecule has 0 aromatic carbocycles. The van der Waals surface area contributed by atoms with Crippen LogP contribution in [0.1, 0.15) is 13.3 Å². The Hall–Kier alpha value is -1.80. The molecular weight excluding hydrogens is 259 g/mol. The SMILES string of the molecule is CCOC(=O)C(CC(=O)OC)NC(=O)C(F)(F)F. The van der Waals surface area contributed by atoms with Crippen molar-refractivity contribution in [3.63, 3.8) is 0 Å². The molecule has 0 aromatic rings. The monoisotopic (exact) mass is 271 g/mol. The summed E-state index contributed by atoms with van der Waals surface area (Å²) in [6.45, 7) is 1.33. The van der Waals surface area contributed by atoms with Crippen molar-refractivity contribution in [2.75, 3.05) is 13.7 Å². The van der Waals surface area contributed by atoms with Crippen molar-refractivity contribution in [2.45, 2.75) is 25.6 Å². The summed E-state index contributed by atoms with van der Waals surface area (Å²) < 4.78 is 44.6.